The maximum atomic E-state index is 6.38. The third-order valence-electron chi connectivity index (χ3n) is 11.3. The van der Waals surface area contributed by atoms with Crippen LogP contribution in [0.1, 0.15) is 30.0 Å². The van der Waals surface area contributed by atoms with Crippen molar-refractivity contribution in [1.82, 2.24) is 15.0 Å². The minimum Gasteiger partial charge on any atom is -0.485 e. The smallest absolute Gasteiger partial charge is 0.164 e. The van der Waals surface area contributed by atoms with Crippen molar-refractivity contribution in [1.29, 1.82) is 0 Å². The summed E-state index contributed by atoms with van der Waals surface area (Å²) in [5.41, 5.74) is 10.3. The van der Waals surface area contributed by atoms with Gasteiger partial charge in [0.1, 0.15) is 23.0 Å². The molecule has 2 unspecified atom stereocenters. The van der Waals surface area contributed by atoms with Crippen molar-refractivity contribution < 1.29 is 9.15 Å². The van der Waals surface area contributed by atoms with Crippen LogP contribution in [0.15, 0.2) is 150 Å². The van der Waals surface area contributed by atoms with Crippen LogP contribution in [0.4, 0.5) is 0 Å². The highest BCUT2D eigenvalue weighted by molar-refractivity contribution is 6.16. The molecule has 2 aliphatic carbocycles. The molecule has 2 aromatic heterocycles. The van der Waals surface area contributed by atoms with Gasteiger partial charge >= 0.3 is 0 Å². The van der Waals surface area contributed by atoms with E-state index in [1.807, 2.05) is 18.2 Å². The predicted octanol–water partition coefficient (Wildman–Crippen LogP) is 11.7. The van der Waals surface area contributed by atoms with Gasteiger partial charge in [0, 0.05) is 33.0 Å². The Morgan fingerprint density at radius 1 is 0.642 bits per heavy atom. The molecule has 5 nitrogen and oxygen atoms in total. The SMILES string of the molecule is CC12C=CC=CC1Oc1ccc(-c3nc(-c4ccc5c(c4)C=CCC5)nc(-c4cccc5c(-c6cccc7oc8ccccc8c67)cccc45)n3)cc12. The van der Waals surface area contributed by atoms with E-state index in [1.54, 1.807) is 0 Å². The summed E-state index contributed by atoms with van der Waals surface area (Å²) in [7, 11) is 0. The molecule has 53 heavy (non-hydrogen) atoms. The number of aryl methyl sites for hydroxylation is 1. The second-order valence-electron chi connectivity index (χ2n) is 14.4. The molecule has 5 heteroatoms. The summed E-state index contributed by atoms with van der Waals surface area (Å²) in [5.74, 6) is 2.81. The molecule has 1 aliphatic heterocycles. The Morgan fingerprint density at radius 3 is 2.26 bits per heavy atom. The summed E-state index contributed by atoms with van der Waals surface area (Å²) in [4.78, 5) is 15.7. The van der Waals surface area contributed by atoms with Crippen LogP contribution in [-0.4, -0.2) is 21.1 Å². The van der Waals surface area contributed by atoms with Crippen LogP contribution in [0, 0.1) is 0 Å². The number of hydrogen-bond donors (Lipinski definition) is 0. The summed E-state index contributed by atoms with van der Waals surface area (Å²) in [5, 5.41) is 4.42. The standard InChI is InChI=1S/C48H33N3O2/c1-48-26-7-6-21-43(48)53-41-25-24-32(28-39(41)48)46-49-45(31-23-22-29-11-2-3-12-30(29)27-31)50-47(51-46)37-18-9-14-33-34(15-8-16-35(33)37)36-17-10-20-42-44(36)38-13-4-5-19-40(38)52-42/h3-10,12-28,43H,2,11H2,1H3. The molecule has 0 saturated heterocycles. The molecule has 0 fully saturated rings. The third kappa shape index (κ3) is 4.67. The zero-order valence-electron chi connectivity index (χ0n) is 29.1. The topological polar surface area (TPSA) is 61.0 Å². The third-order valence-corrected chi connectivity index (χ3v) is 11.3. The molecule has 0 N–H and O–H groups in total. The van der Waals surface area contributed by atoms with Crippen LogP contribution in [0.5, 0.6) is 5.75 Å². The monoisotopic (exact) mass is 683 g/mol. The van der Waals surface area contributed by atoms with Crippen molar-refractivity contribution in [2.75, 3.05) is 0 Å². The highest BCUT2D eigenvalue weighted by Crippen LogP contribution is 2.47. The lowest BCUT2D eigenvalue weighted by Gasteiger charge is -2.27. The van der Waals surface area contributed by atoms with Gasteiger partial charge in [-0.15, -0.1) is 0 Å². The predicted molar refractivity (Wildman–Crippen MR) is 214 cm³/mol. The van der Waals surface area contributed by atoms with E-state index >= 15 is 0 Å². The second-order valence-corrected chi connectivity index (χ2v) is 14.4. The van der Waals surface area contributed by atoms with Crippen LogP contribution in [-0.2, 0) is 11.8 Å². The van der Waals surface area contributed by atoms with Gasteiger partial charge in [-0.1, -0.05) is 109 Å². The first kappa shape index (κ1) is 30.1. The van der Waals surface area contributed by atoms with Crippen LogP contribution in [0.3, 0.4) is 0 Å². The van der Waals surface area contributed by atoms with Gasteiger partial charge in [0.2, 0.25) is 0 Å². The van der Waals surface area contributed by atoms with Crippen LogP contribution >= 0.6 is 0 Å². The molecule has 0 radical (unpaired) electrons. The zero-order valence-corrected chi connectivity index (χ0v) is 29.1. The van der Waals surface area contributed by atoms with E-state index in [2.05, 4.69) is 140 Å². The Morgan fingerprint density at radius 2 is 1.36 bits per heavy atom. The Hall–Kier alpha value is -6.59. The average Bonchev–Trinajstić information content (AvgIpc) is 3.74. The van der Waals surface area contributed by atoms with Crippen LogP contribution < -0.4 is 4.74 Å². The lowest BCUT2D eigenvalue weighted by molar-refractivity contribution is 0.228. The fourth-order valence-corrected chi connectivity index (χ4v) is 8.51. The summed E-state index contributed by atoms with van der Waals surface area (Å²) in [6.45, 7) is 2.23. The highest BCUT2D eigenvalue weighted by atomic mass is 16.5. The number of ether oxygens (including phenoxy) is 1. The largest absolute Gasteiger partial charge is 0.485 e. The van der Waals surface area contributed by atoms with Gasteiger partial charge < -0.3 is 9.15 Å². The van der Waals surface area contributed by atoms with Gasteiger partial charge in [0.05, 0.1) is 5.41 Å². The van der Waals surface area contributed by atoms with Crippen molar-refractivity contribution in [3.05, 3.63) is 162 Å². The Balaban J connectivity index is 1.12. The zero-order chi connectivity index (χ0) is 35.1. The Kier molecular flexibility index (Phi) is 6.50. The molecule has 2 atom stereocenters. The number of rotatable bonds is 4. The van der Waals surface area contributed by atoms with Gasteiger partial charge in [-0.05, 0) is 95.3 Å². The minimum absolute atomic E-state index is 0.0402. The number of hydrogen-bond acceptors (Lipinski definition) is 5. The van der Waals surface area contributed by atoms with E-state index in [0.29, 0.717) is 17.5 Å². The summed E-state index contributed by atoms with van der Waals surface area (Å²) >= 11 is 0. The second kappa shape index (κ2) is 11.5. The fraction of sp³-hybridized carbons (Fsp3) is 0.104. The number of benzene rings is 6. The first-order valence-electron chi connectivity index (χ1n) is 18.3. The summed E-state index contributed by atoms with van der Waals surface area (Å²) in [6.07, 6.45) is 15.1. The molecule has 0 bridgehead atoms. The van der Waals surface area contributed by atoms with Gasteiger partial charge in [-0.2, -0.15) is 0 Å². The molecule has 252 valence electrons. The van der Waals surface area contributed by atoms with Gasteiger partial charge in [-0.25, -0.2) is 15.0 Å². The Labute approximate surface area is 306 Å². The quantitative estimate of drug-likeness (QED) is 0.185. The molecular formula is C48H33N3O2. The maximum Gasteiger partial charge on any atom is 0.164 e. The molecule has 3 aliphatic rings. The number of aromatic nitrogens is 3. The van der Waals surface area contributed by atoms with E-state index in [0.717, 1.165) is 84.7 Å². The molecule has 0 spiro atoms. The number of furan rings is 1. The van der Waals surface area contributed by atoms with Crippen molar-refractivity contribution in [2.45, 2.75) is 31.3 Å². The normalized spacial score (nSPS) is 18.3. The van der Waals surface area contributed by atoms with Crippen LogP contribution in [0.2, 0.25) is 0 Å². The summed E-state index contributed by atoms with van der Waals surface area (Å²) in [6, 6.07) is 40.4. The minimum atomic E-state index is -0.265. The van der Waals surface area contributed by atoms with E-state index in [9.17, 15) is 0 Å². The van der Waals surface area contributed by atoms with Crippen molar-refractivity contribution in [2.24, 2.45) is 0 Å². The van der Waals surface area contributed by atoms with Crippen molar-refractivity contribution in [3.63, 3.8) is 0 Å². The van der Waals surface area contributed by atoms with Crippen LogP contribution in [0.25, 0.3) is 84.1 Å². The lowest BCUT2D eigenvalue weighted by atomic mass is 9.76. The number of allylic oxidation sites excluding steroid dienone is 3. The van der Waals surface area contributed by atoms with Gasteiger partial charge in [0.25, 0.3) is 0 Å². The molecular weight excluding hydrogens is 651 g/mol. The van der Waals surface area contributed by atoms with Gasteiger partial charge in [0.15, 0.2) is 17.5 Å². The van der Waals surface area contributed by atoms with E-state index < -0.39 is 0 Å². The molecule has 8 aromatic rings. The first-order chi connectivity index (χ1) is 26.1. The first-order valence-corrected chi connectivity index (χ1v) is 18.3. The Bertz CT molecular complexity index is 2910. The van der Waals surface area contributed by atoms with E-state index in [-0.39, 0.29) is 11.5 Å². The van der Waals surface area contributed by atoms with E-state index in [1.165, 1.54) is 11.1 Å². The summed E-state index contributed by atoms with van der Waals surface area (Å²) < 4.78 is 12.7. The number of nitrogens with zero attached hydrogens (tertiary/aromatic N) is 3. The van der Waals surface area contributed by atoms with E-state index in [4.69, 9.17) is 24.1 Å². The molecule has 0 amide bonds. The molecule has 11 rings (SSSR count). The molecule has 3 heterocycles. The highest BCUT2D eigenvalue weighted by Gasteiger charge is 2.43. The van der Waals surface area contributed by atoms with Gasteiger partial charge in [-0.3, -0.25) is 0 Å². The number of fused-ring (bicyclic) bond motifs is 8. The lowest BCUT2D eigenvalue weighted by Crippen LogP contribution is -2.32. The fourth-order valence-electron chi connectivity index (χ4n) is 8.51. The van der Waals surface area contributed by atoms with Crippen molar-refractivity contribution >= 4 is 38.8 Å². The number of para-hydroxylation sites is 1. The maximum absolute atomic E-state index is 6.38. The molecule has 6 aromatic carbocycles. The molecule has 0 saturated carbocycles. The van der Waals surface area contributed by atoms with Crippen molar-refractivity contribution in [3.8, 4) is 51.0 Å². The average molecular weight is 684 g/mol.